The van der Waals surface area contributed by atoms with E-state index >= 15 is 0 Å². The minimum absolute atomic E-state index is 0.173. The van der Waals surface area contributed by atoms with Gasteiger partial charge in [0, 0.05) is 0 Å². The molecule has 4 nitrogen and oxygen atoms in total. The summed E-state index contributed by atoms with van der Waals surface area (Å²) in [6, 6.07) is 9.18. The Morgan fingerprint density at radius 1 is 1.35 bits per heavy atom. The fraction of sp³-hybridized carbons (Fsp3) is 0.333. The molecule has 0 fully saturated rings. The molecule has 0 aliphatic rings. The summed E-state index contributed by atoms with van der Waals surface area (Å²) in [4.78, 5) is 21.7. The monoisotopic (exact) mass is 301 g/mol. The first kappa shape index (κ1) is 13.7. The van der Waals surface area contributed by atoms with E-state index < -0.39 is 12.0 Å². The Morgan fingerprint density at radius 3 is 2.53 bits per heavy atom. The molecule has 5 heteroatoms. The molecule has 0 saturated heterocycles. The zero-order valence-corrected chi connectivity index (χ0v) is 11.3. The summed E-state index contributed by atoms with van der Waals surface area (Å²) in [6.45, 7) is 1.33. The van der Waals surface area contributed by atoms with Crippen LogP contribution in [0.25, 0.3) is 0 Å². The number of rotatable bonds is 6. The van der Waals surface area contributed by atoms with Crippen LogP contribution in [0.5, 0.6) is 0 Å². The topological polar surface area (TPSA) is 66.4 Å². The second-order valence-electron chi connectivity index (χ2n) is 3.59. The molecule has 0 aliphatic heterocycles. The molecule has 92 valence electrons. The van der Waals surface area contributed by atoms with Gasteiger partial charge in [0.1, 0.15) is 0 Å². The van der Waals surface area contributed by atoms with Crippen molar-refractivity contribution in [1.29, 1.82) is 0 Å². The number of carboxylic acids is 1. The molecule has 0 aliphatic carbocycles. The van der Waals surface area contributed by atoms with Crippen molar-refractivity contribution in [2.75, 3.05) is 0 Å². The van der Waals surface area contributed by atoms with Crippen LogP contribution in [0.1, 0.15) is 12.5 Å². The summed E-state index contributed by atoms with van der Waals surface area (Å²) in [7, 11) is 0. The maximum absolute atomic E-state index is 10.9. The Kier molecular flexibility index (Phi) is 5.73. The quantitative estimate of drug-likeness (QED) is 0.767. The van der Waals surface area contributed by atoms with E-state index in [0.29, 0.717) is 5.32 Å². The zero-order valence-electron chi connectivity index (χ0n) is 9.55. The predicted octanol–water partition coefficient (Wildman–Crippen LogP) is 0.898. The van der Waals surface area contributed by atoms with E-state index in [1.165, 1.54) is 12.5 Å². The number of carboxylic acid groups (broad SMARTS) is 1. The summed E-state index contributed by atoms with van der Waals surface area (Å²) in [6.07, 6.45) is 0. The molecule has 1 atom stereocenters. The van der Waals surface area contributed by atoms with E-state index in [4.69, 9.17) is 5.11 Å². The average molecular weight is 300 g/mol. The van der Waals surface area contributed by atoms with Crippen LogP contribution >= 0.6 is 0 Å². The van der Waals surface area contributed by atoms with E-state index in [1.807, 2.05) is 30.3 Å². The second-order valence-corrected chi connectivity index (χ2v) is 5.75. The van der Waals surface area contributed by atoms with Gasteiger partial charge in [-0.15, -0.1) is 0 Å². The van der Waals surface area contributed by atoms with Crippen LogP contribution in [-0.2, 0) is 14.9 Å². The maximum atomic E-state index is 10.9. The van der Waals surface area contributed by atoms with Crippen molar-refractivity contribution in [2.45, 2.75) is 23.6 Å². The number of amides is 1. The van der Waals surface area contributed by atoms with Crippen LogP contribution in [0.4, 0.5) is 0 Å². The fourth-order valence-electron chi connectivity index (χ4n) is 1.29. The number of carbonyl (C=O) groups excluding carboxylic acids is 1. The van der Waals surface area contributed by atoms with Crippen LogP contribution < -0.4 is 5.32 Å². The summed E-state index contributed by atoms with van der Waals surface area (Å²) >= 11 is 0.173. The van der Waals surface area contributed by atoms with Crippen LogP contribution in [0.15, 0.2) is 30.3 Å². The van der Waals surface area contributed by atoms with Crippen molar-refractivity contribution in [2.24, 2.45) is 0 Å². The molecule has 17 heavy (non-hydrogen) atoms. The third kappa shape index (κ3) is 5.52. The van der Waals surface area contributed by atoms with Gasteiger partial charge in [-0.25, -0.2) is 0 Å². The standard InChI is InChI=1S/C12H15NO3Se/c1-9(14)13-11(12(15)16)8-17-7-10-5-3-2-4-6-10/h2-6,11H,7-8H2,1H3,(H,13,14)(H,15,16)/t11-/m0/s1. The van der Waals surface area contributed by atoms with E-state index in [1.54, 1.807) is 0 Å². The van der Waals surface area contributed by atoms with Crippen LogP contribution in [-0.4, -0.2) is 38.0 Å². The van der Waals surface area contributed by atoms with Gasteiger partial charge in [-0.2, -0.15) is 0 Å². The molecule has 0 heterocycles. The Hall–Kier alpha value is -1.32. The number of carbonyl (C=O) groups is 2. The molecule has 0 radical (unpaired) electrons. The molecule has 2 N–H and O–H groups in total. The SMILES string of the molecule is CC(=O)N[C@@H](C[Se]Cc1ccccc1)C(=O)O. The summed E-state index contributed by atoms with van der Waals surface area (Å²) in [5.74, 6) is -1.26. The van der Waals surface area contributed by atoms with Crippen LogP contribution in [0.3, 0.4) is 0 Å². The van der Waals surface area contributed by atoms with Gasteiger partial charge in [0.15, 0.2) is 0 Å². The van der Waals surface area contributed by atoms with Gasteiger partial charge >= 0.3 is 106 Å². The molecular formula is C12H15NO3Se. The first-order chi connectivity index (χ1) is 8.09. The van der Waals surface area contributed by atoms with Crippen molar-refractivity contribution in [3.63, 3.8) is 0 Å². The number of nitrogens with one attached hydrogen (secondary N) is 1. The Morgan fingerprint density at radius 2 is 2.00 bits per heavy atom. The Labute approximate surface area is 107 Å². The zero-order chi connectivity index (χ0) is 12.7. The van der Waals surface area contributed by atoms with Crippen molar-refractivity contribution in [1.82, 2.24) is 5.32 Å². The Bertz CT molecular complexity index is 381. The second kappa shape index (κ2) is 7.09. The van der Waals surface area contributed by atoms with Crippen molar-refractivity contribution in [3.05, 3.63) is 35.9 Å². The number of benzene rings is 1. The van der Waals surface area contributed by atoms with Crippen molar-refractivity contribution >= 4 is 26.8 Å². The van der Waals surface area contributed by atoms with Gasteiger partial charge in [-0.3, -0.25) is 0 Å². The molecule has 1 aromatic rings. The van der Waals surface area contributed by atoms with Crippen LogP contribution in [0, 0.1) is 0 Å². The third-order valence-electron chi connectivity index (χ3n) is 2.07. The number of aliphatic carboxylic acids is 1. The van der Waals surface area contributed by atoms with E-state index in [-0.39, 0.29) is 20.9 Å². The Balaban J connectivity index is 2.37. The third-order valence-corrected chi connectivity index (χ3v) is 4.39. The average Bonchev–Trinajstić information content (AvgIpc) is 2.28. The van der Waals surface area contributed by atoms with Crippen molar-refractivity contribution in [3.8, 4) is 0 Å². The fourth-order valence-corrected chi connectivity index (χ4v) is 3.40. The van der Waals surface area contributed by atoms with Crippen LogP contribution in [0.2, 0.25) is 5.32 Å². The molecule has 0 bridgehead atoms. The first-order valence-corrected chi connectivity index (χ1v) is 7.63. The van der Waals surface area contributed by atoms with E-state index in [9.17, 15) is 9.59 Å². The molecule has 0 spiro atoms. The molecular weight excluding hydrogens is 285 g/mol. The summed E-state index contributed by atoms with van der Waals surface area (Å²) < 4.78 is 0. The molecule has 1 aromatic carbocycles. The number of hydrogen-bond acceptors (Lipinski definition) is 2. The van der Waals surface area contributed by atoms with Gasteiger partial charge < -0.3 is 0 Å². The van der Waals surface area contributed by atoms with Gasteiger partial charge in [0.25, 0.3) is 0 Å². The first-order valence-electron chi connectivity index (χ1n) is 5.21. The van der Waals surface area contributed by atoms with Crippen molar-refractivity contribution < 1.29 is 14.7 Å². The van der Waals surface area contributed by atoms with E-state index in [0.717, 1.165) is 5.32 Å². The van der Waals surface area contributed by atoms with Gasteiger partial charge in [0.2, 0.25) is 0 Å². The normalized spacial score (nSPS) is 11.8. The van der Waals surface area contributed by atoms with Gasteiger partial charge in [0.05, 0.1) is 0 Å². The summed E-state index contributed by atoms with van der Waals surface area (Å²) in [5, 5.41) is 12.8. The molecule has 0 unspecified atom stereocenters. The van der Waals surface area contributed by atoms with Gasteiger partial charge in [-0.05, 0) is 0 Å². The van der Waals surface area contributed by atoms with Gasteiger partial charge in [-0.1, -0.05) is 0 Å². The predicted molar refractivity (Wildman–Crippen MR) is 65.9 cm³/mol. The summed E-state index contributed by atoms with van der Waals surface area (Å²) in [5.41, 5.74) is 1.21. The minimum atomic E-state index is -0.963. The van der Waals surface area contributed by atoms with E-state index in [2.05, 4.69) is 5.32 Å². The molecule has 0 aromatic heterocycles. The number of hydrogen-bond donors (Lipinski definition) is 2. The molecule has 0 saturated carbocycles. The molecule has 1 rings (SSSR count). The molecule has 1 amide bonds.